The van der Waals surface area contributed by atoms with Crippen LogP contribution in [0.4, 0.5) is 0 Å². The summed E-state index contributed by atoms with van der Waals surface area (Å²) in [5.74, 6) is 0.892. The number of thiazole rings is 1. The van der Waals surface area contributed by atoms with Gasteiger partial charge >= 0.3 is 0 Å². The van der Waals surface area contributed by atoms with Crippen LogP contribution < -0.4 is 5.32 Å². The van der Waals surface area contributed by atoms with Crippen LogP contribution in [0.5, 0.6) is 0 Å². The number of nitrogens with one attached hydrogen (secondary N) is 1. The molecule has 1 N–H and O–H groups in total. The second kappa shape index (κ2) is 10.1. The predicted octanol–water partition coefficient (Wildman–Crippen LogP) is 4.32. The summed E-state index contributed by atoms with van der Waals surface area (Å²) in [6.07, 6.45) is 1.90. The minimum atomic E-state index is 0. The van der Waals surface area contributed by atoms with Gasteiger partial charge < -0.3 is 10.2 Å². The summed E-state index contributed by atoms with van der Waals surface area (Å²) in [7, 11) is 2.04. The molecule has 0 atom stereocenters. The number of aromatic nitrogens is 1. The Kier molecular flexibility index (Phi) is 8.86. The molecule has 23 heavy (non-hydrogen) atoms. The maximum absolute atomic E-state index is 5.93. The monoisotopic (exact) mass is 464 g/mol. The first-order valence-corrected chi connectivity index (χ1v) is 8.43. The van der Waals surface area contributed by atoms with Crippen LogP contribution in [0.1, 0.15) is 22.4 Å². The molecule has 4 nitrogen and oxygen atoms in total. The van der Waals surface area contributed by atoms with Crippen molar-refractivity contribution in [1.29, 1.82) is 0 Å². The van der Waals surface area contributed by atoms with Gasteiger partial charge in [0.2, 0.25) is 0 Å². The molecule has 0 aliphatic heterocycles. The van der Waals surface area contributed by atoms with E-state index >= 15 is 0 Å². The topological polar surface area (TPSA) is 40.5 Å². The van der Waals surface area contributed by atoms with Gasteiger partial charge in [-0.05, 0) is 31.5 Å². The highest BCUT2D eigenvalue weighted by Gasteiger charge is 2.07. The van der Waals surface area contributed by atoms with Crippen molar-refractivity contribution in [3.8, 4) is 0 Å². The number of aliphatic imine (C=N–C) groups is 1. The molecule has 2 aromatic rings. The van der Waals surface area contributed by atoms with Crippen molar-refractivity contribution >= 4 is 52.9 Å². The second-order valence-electron chi connectivity index (χ2n) is 5.00. The number of halogens is 2. The first-order chi connectivity index (χ1) is 10.6. The largest absolute Gasteiger partial charge is 0.357 e. The molecule has 0 amide bonds. The van der Waals surface area contributed by atoms with Gasteiger partial charge in [-0.25, -0.2) is 9.98 Å². The van der Waals surface area contributed by atoms with E-state index in [1.165, 1.54) is 10.4 Å². The Morgan fingerprint density at radius 3 is 2.61 bits per heavy atom. The molecule has 0 saturated heterocycles. The summed E-state index contributed by atoms with van der Waals surface area (Å²) >= 11 is 7.61. The molecule has 2 rings (SSSR count). The van der Waals surface area contributed by atoms with Crippen LogP contribution in [0.25, 0.3) is 0 Å². The van der Waals surface area contributed by atoms with E-state index in [9.17, 15) is 0 Å². The van der Waals surface area contributed by atoms with Gasteiger partial charge in [0.15, 0.2) is 5.96 Å². The smallest absolute Gasteiger partial charge is 0.194 e. The van der Waals surface area contributed by atoms with Crippen molar-refractivity contribution < 1.29 is 0 Å². The van der Waals surface area contributed by atoms with Gasteiger partial charge in [-0.15, -0.1) is 35.3 Å². The Morgan fingerprint density at radius 2 is 2.04 bits per heavy atom. The number of hydrogen-bond donors (Lipinski definition) is 1. The van der Waals surface area contributed by atoms with Crippen molar-refractivity contribution in [1.82, 2.24) is 15.2 Å². The Balaban J connectivity index is 0.00000264. The fourth-order valence-electron chi connectivity index (χ4n) is 2.04. The fraction of sp³-hybridized carbons (Fsp3) is 0.375. The summed E-state index contributed by atoms with van der Waals surface area (Å²) in [6.45, 7) is 6.35. The highest BCUT2D eigenvalue weighted by Crippen LogP contribution is 2.13. The minimum absolute atomic E-state index is 0. The van der Waals surface area contributed by atoms with E-state index in [0.717, 1.165) is 29.1 Å². The van der Waals surface area contributed by atoms with Gasteiger partial charge in [0.25, 0.3) is 0 Å². The number of nitrogens with zero attached hydrogens (tertiary/aromatic N) is 3. The Hall–Kier alpha value is -0.860. The molecule has 0 unspecified atom stereocenters. The van der Waals surface area contributed by atoms with Gasteiger partial charge in [-0.1, -0.05) is 23.7 Å². The van der Waals surface area contributed by atoms with Crippen LogP contribution in [-0.4, -0.2) is 29.4 Å². The highest BCUT2D eigenvalue weighted by atomic mass is 127. The predicted molar refractivity (Wildman–Crippen MR) is 110 cm³/mol. The van der Waals surface area contributed by atoms with Crippen molar-refractivity contribution in [2.24, 2.45) is 4.99 Å². The molecule has 1 aromatic heterocycles. The molecule has 0 fully saturated rings. The number of hydrogen-bond acceptors (Lipinski definition) is 3. The van der Waals surface area contributed by atoms with Crippen molar-refractivity contribution in [3.05, 3.63) is 50.9 Å². The first kappa shape index (κ1) is 20.2. The normalized spacial score (nSPS) is 11.0. The number of benzene rings is 1. The zero-order valence-electron chi connectivity index (χ0n) is 13.5. The van der Waals surface area contributed by atoms with Crippen LogP contribution in [0.15, 0.2) is 35.5 Å². The third kappa shape index (κ3) is 6.64. The second-order valence-corrected chi connectivity index (χ2v) is 6.75. The molecule has 126 valence electrons. The van der Waals surface area contributed by atoms with E-state index < -0.39 is 0 Å². The molecule has 7 heteroatoms. The van der Waals surface area contributed by atoms with Crippen LogP contribution in [-0.2, 0) is 13.1 Å². The van der Waals surface area contributed by atoms with E-state index in [1.54, 1.807) is 11.3 Å². The van der Waals surface area contributed by atoms with E-state index in [-0.39, 0.29) is 24.0 Å². The lowest BCUT2D eigenvalue weighted by Crippen LogP contribution is -2.38. The lowest BCUT2D eigenvalue weighted by atomic mass is 10.2. The van der Waals surface area contributed by atoms with Crippen molar-refractivity contribution in [2.75, 3.05) is 13.6 Å². The maximum atomic E-state index is 5.93. The minimum Gasteiger partial charge on any atom is -0.357 e. The lowest BCUT2D eigenvalue weighted by Gasteiger charge is -2.22. The van der Waals surface area contributed by atoms with Gasteiger partial charge in [-0.2, -0.15) is 0 Å². The molecular formula is C16H22ClIN4S. The van der Waals surface area contributed by atoms with Gasteiger partial charge in [-0.3, -0.25) is 0 Å². The standard InChI is InChI=1S/C16H21ClN4S.HI/c1-4-18-16(20-10-15-9-19-12(2)22-15)21(3)11-13-5-7-14(17)8-6-13;/h5-9H,4,10-11H2,1-3H3,(H,18,20);1H. The molecule has 1 heterocycles. The van der Waals surface area contributed by atoms with Crippen LogP contribution in [0, 0.1) is 6.92 Å². The van der Waals surface area contributed by atoms with Gasteiger partial charge in [0, 0.05) is 36.2 Å². The van der Waals surface area contributed by atoms with Gasteiger partial charge in [0.05, 0.1) is 11.6 Å². The first-order valence-electron chi connectivity index (χ1n) is 7.23. The Morgan fingerprint density at radius 1 is 1.35 bits per heavy atom. The summed E-state index contributed by atoms with van der Waals surface area (Å²) in [4.78, 5) is 12.2. The molecule has 0 radical (unpaired) electrons. The molecule has 0 spiro atoms. The number of guanidine groups is 1. The molecular weight excluding hydrogens is 443 g/mol. The fourth-order valence-corrected chi connectivity index (χ4v) is 2.88. The van der Waals surface area contributed by atoms with E-state index in [4.69, 9.17) is 11.6 Å². The average molecular weight is 465 g/mol. The summed E-state index contributed by atoms with van der Waals surface area (Å²) in [6, 6.07) is 7.90. The van der Waals surface area contributed by atoms with E-state index in [2.05, 4.69) is 27.1 Å². The quantitative estimate of drug-likeness (QED) is 0.407. The highest BCUT2D eigenvalue weighted by molar-refractivity contribution is 14.0. The zero-order chi connectivity index (χ0) is 15.9. The average Bonchev–Trinajstić information content (AvgIpc) is 2.91. The molecule has 0 saturated carbocycles. The zero-order valence-corrected chi connectivity index (χ0v) is 17.4. The molecule has 0 bridgehead atoms. The van der Waals surface area contributed by atoms with E-state index in [1.807, 2.05) is 44.4 Å². The Bertz CT molecular complexity index is 627. The lowest BCUT2D eigenvalue weighted by molar-refractivity contribution is 0.477. The number of aryl methyl sites for hydroxylation is 1. The SMILES string of the molecule is CCNC(=NCc1cnc(C)s1)N(C)Cc1ccc(Cl)cc1.I. The third-order valence-corrected chi connectivity index (χ3v) is 4.23. The van der Waals surface area contributed by atoms with Crippen molar-refractivity contribution in [3.63, 3.8) is 0 Å². The van der Waals surface area contributed by atoms with Crippen LogP contribution in [0.2, 0.25) is 5.02 Å². The number of rotatable bonds is 5. The molecule has 0 aliphatic carbocycles. The van der Waals surface area contributed by atoms with Crippen molar-refractivity contribution in [2.45, 2.75) is 26.9 Å². The van der Waals surface area contributed by atoms with Crippen LogP contribution >= 0.6 is 46.9 Å². The summed E-state index contributed by atoms with van der Waals surface area (Å²) in [5, 5.41) is 5.16. The Labute approximate surface area is 164 Å². The molecule has 0 aliphatic rings. The van der Waals surface area contributed by atoms with Crippen LogP contribution in [0.3, 0.4) is 0 Å². The summed E-state index contributed by atoms with van der Waals surface area (Å²) in [5.41, 5.74) is 1.20. The van der Waals surface area contributed by atoms with Gasteiger partial charge in [0.1, 0.15) is 0 Å². The molecule has 1 aromatic carbocycles. The maximum Gasteiger partial charge on any atom is 0.194 e. The van der Waals surface area contributed by atoms with E-state index in [0.29, 0.717) is 6.54 Å². The summed E-state index contributed by atoms with van der Waals surface area (Å²) < 4.78 is 0. The third-order valence-electron chi connectivity index (χ3n) is 3.08.